The second kappa shape index (κ2) is 3.84. The molecule has 0 aliphatic carbocycles. The Bertz CT molecular complexity index is 378. The lowest BCUT2D eigenvalue weighted by molar-refractivity contribution is 0.629. The zero-order chi connectivity index (χ0) is 9.97. The van der Waals surface area contributed by atoms with Crippen LogP contribution in [0.2, 0.25) is 5.02 Å². The topological polar surface area (TPSA) is 36.4 Å². The fraction of sp³-hybridized carbons (Fsp3) is 0.222. The van der Waals surface area contributed by atoms with Crippen LogP contribution in [0.1, 0.15) is 0 Å². The molecule has 1 aliphatic rings. The highest BCUT2D eigenvalue weighted by atomic mass is 35.5. The van der Waals surface area contributed by atoms with E-state index in [2.05, 4.69) is 15.6 Å². The van der Waals surface area contributed by atoms with Gasteiger partial charge in [-0.1, -0.05) is 17.7 Å². The predicted octanol–water partition coefficient (Wildman–Crippen LogP) is 1.85. The smallest absolute Gasteiger partial charge is 0.195 e. The van der Waals surface area contributed by atoms with Gasteiger partial charge in [0.1, 0.15) is 5.82 Å². The van der Waals surface area contributed by atoms with Crippen LogP contribution < -0.4 is 10.6 Å². The van der Waals surface area contributed by atoms with E-state index in [1.807, 2.05) is 0 Å². The first-order valence-electron chi connectivity index (χ1n) is 4.27. The summed E-state index contributed by atoms with van der Waals surface area (Å²) in [5, 5.41) is 6.01. The first-order valence-corrected chi connectivity index (χ1v) is 4.64. The lowest BCUT2D eigenvalue weighted by Crippen LogP contribution is -2.26. The number of hydrogen-bond acceptors (Lipinski definition) is 3. The fourth-order valence-electron chi connectivity index (χ4n) is 1.21. The molecule has 0 bridgehead atoms. The zero-order valence-electron chi connectivity index (χ0n) is 7.35. The summed E-state index contributed by atoms with van der Waals surface area (Å²) in [6, 6.07) is 4.62. The molecule has 1 aromatic carbocycles. The van der Waals surface area contributed by atoms with Crippen LogP contribution in [0, 0.1) is 5.82 Å². The minimum absolute atomic E-state index is 0.0869. The van der Waals surface area contributed by atoms with Crippen LogP contribution >= 0.6 is 11.6 Å². The van der Waals surface area contributed by atoms with E-state index in [4.69, 9.17) is 11.6 Å². The monoisotopic (exact) mass is 213 g/mol. The Morgan fingerprint density at radius 2 is 2.36 bits per heavy atom. The molecule has 0 radical (unpaired) electrons. The van der Waals surface area contributed by atoms with Gasteiger partial charge in [-0.25, -0.2) is 4.39 Å². The molecule has 0 atom stereocenters. The number of hydrogen-bond donors (Lipinski definition) is 2. The van der Waals surface area contributed by atoms with Crippen LogP contribution in [0.4, 0.5) is 10.1 Å². The van der Waals surface area contributed by atoms with E-state index in [0.717, 1.165) is 13.1 Å². The van der Waals surface area contributed by atoms with Gasteiger partial charge in [-0.3, -0.25) is 4.99 Å². The molecule has 14 heavy (non-hydrogen) atoms. The number of nitrogens with zero attached hydrogens (tertiary/aromatic N) is 1. The molecular formula is C9H9ClFN3. The second-order valence-corrected chi connectivity index (χ2v) is 3.26. The Morgan fingerprint density at radius 3 is 3.07 bits per heavy atom. The van der Waals surface area contributed by atoms with Crippen LogP contribution in [0.5, 0.6) is 0 Å². The Balaban J connectivity index is 2.20. The third-order valence-electron chi connectivity index (χ3n) is 1.88. The normalized spacial score (nSPS) is 14.9. The second-order valence-electron chi connectivity index (χ2n) is 2.88. The summed E-state index contributed by atoms with van der Waals surface area (Å²) in [6.07, 6.45) is 0. The van der Waals surface area contributed by atoms with Gasteiger partial charge >= 0.3 is 0 Å². The van der Waals surface area contributed by atoms with Crippen molar-refractivity contribution in [1.29, 1.82) is 0 Å². The Labute approximate surface area is 86.0 Å². The summed E-state index contributed by atoms with van der Waals surface area (Å²) in [7, 11) is 0. The number of benzene rings is 1. The van der Waals surface area contributed by atoms with E-state index < -0.39 is 5.82 Å². The van der Waals surface area contributed by atoms with Gasteiger partial charge in [-0.15, -0.1) is 0 Å². The third kappa shape index (κ3) is 1.80. The van der Waals surface area contributed by atoms with E-state index in [-0.39, 0.29) is 5.02 Å². The van der Waals surface area contributed by atoms with E-state index >= 15 is 0 Å². The maximum absolute atomic E-state index is 13.0. The molecule has 74 valence electrons. The lowest BCUT2D eigenvalue weighted by Gasteiger charge is -2.08. The number of anilines is 1. The van der Waals surface area contributed by atoms with E-state index in [0.29, 0.717) is 11.6 Å². The van der Waals surface area contributed by atoms with Crippen LogP contribution in [0.15, 0.2) is 23.2 Å². The van der Waals surface area contributed by atoms with Gasteiger partial charge in [0, 0.05) is 6.54 Å². The number of nitrogens with one attached hydrogen (secondary N) is 2. The SMILES string of the molecule is Fc1cccc(NC2=NCCN2)c1Cl. The summed E-state index contributed by atoms with van der Waals surface area (Å²) in [4.78, 5) is 4.12. The molecule has 0 aromatic heterocycles. The Kier molecular flexibility index (Phi) is 2.54. The maximum atomic E-state index is 13.0. The molecule has 1 aromatic rings. The van der Waals surface area contributed by atoms with E-state index in [1.165, 1.54) is 6.07 Å². The minimum Gasteiger partial charge on any atom is -0.354 e. The number of halogens is 2. The van der Waals surface area contributed by atoms with E-state index in [1.54, 1.807) is 12.1 Å². The molecular weight excluding hydrogens is 205 g/mol. The van der Waals surface area contributed by atoms with Crippen molar-refractivity contribution < 1.29 is 4.39 Å². The highest BCUT2D eigenvalue weighted by molar-refractivity contribution is 6.33. The van der Waals surface area contributed by atoms with Gasteiger partial charge in [0.15, 0.2) is 5.96 Å². The van der Waals surface area contributed by atoms with Gasteiger partial charge in [0.05, 0.1) is 17.3 Å². The molecule has 3 nitrogen and oxygen atoms in total. The van der Waals surface area contributed by atoms with Crippen molar-refractivity contribution >= 4 is 23.2 Å². The number of aliphatic imine (C=N–C) groups is 1. The van der Waals surface area contributed by atoms with Gasteiger partial charge in [0.2, 0.25) is 0 Å². The molecule has 0 saturated heterocycles. The largest absolute Gasteiger partial charge is 0.354 e. The van der Waals surface area contributed by atoms with Crippen LogP contribution in [0.25, 0.3) is 0 Å². The number of guanidine groups is 1. The van der Waals surface area contributed by atoms with Crippen molar-refractivity contribution in [3.8, 4) is 0 Å². The molecule has 1 heterocycles. The zero-order valence-corrected chi connectivity index (χ0v) is 8.11. The van der Waals surface area contributed by atoms with Gasteiger partial charge in [0.25, 0.3) is 0 Å². The maximum Gasteiger partial charge on any atom is 0.195 e. The van der Waals surface area contributed by atoms with Crippen molar-refractivity contribution in [2.24, 2.45) is 4.99 Å². The highest BCUT2D eigenvalue weighted by Crippen LogP contribution is 2.24. The summed E-state index contributed by atoms with van der Waals surface area (Å²) in [5.41, 5.74) is 0.528. The summed E-state index contributed by atoms with van der Waals surface area (Å²) in [5.74, 6) is 0.202. The molecule has 2 N–H and O–H groups in total. The number of rotatable bonds is 1. The van der Waals surface area contributed by atoms with Crippen molar-refractivity contribution in [3.05, 3.63) is 29.0 Å². The van der Waals surface area contributed by atoms with Crippen molar-refractivity contribution in [2.45, 2.75) is 0 Å². The molecule has 0 spiro atoms. The standard InChI is InChI=1S/C9H9ClFN3/c10-8-6(11)2-1-3-7(8)14-9-12-4-5-13-9/h1-3H,4-5H2,(H2,12,13,14). The minimum atomic E-state index is -0.435. The fourth-order valence-corrected chi connectivity index (χ4v) is 1.38. The van der Waals surface area contributed by atoms with Crippen LogP contribution in [0.3, 0.4) is 0 Å². The summed E-state index contributed by atoms with van der Waals surface area (Å²) >= 11 is 5.75. The highest BCUT2D eigenvalue weighted by Gasteiger charge is 2.09. The van der Waals surface area contributed by atoms with Crippen molar-refractivity contribution in [2.75, 3.05) is 18.4 Å². The molecule has 1 aliphatic heterocycles. The molecule has 0 unspecified atom stereocenters. The molecule has 0 amide bonds. The molecule has 0 fully saturated rings. The first kappa shape index (κ1) is 9.27. The van der Waals surface area contributed by atoms with Gasteiger partial charge in [-0.2, -0.15) is 0 Å². The van der Waals surface area contributed by atoms with Crippen molar-refractivity contribution in [3.63, 3.8) is 0 Å². The molecule has 2 rings (SSSR count). The Hall–Kier alpha value is -1.29. The van der Waals surface area contributed by atoms with E-state index in [9.17, 15) is 4.39 Å². The average molecular weight is 214 g/mol. The lowest BCUT2D eigenvalue weighted by atomic mass is 10.3. The first-order chi connectivity index (χ1) is 6.77. The quantitative estimate of drug-likeness (QED) is 0.747. The summed E-state index contributed by atoms with van der Waals surface area (Å²) in [6.45, 7) is 1.53. The van der Waals surface area contributed by atoms with Gasteiger partial charge < -0.3 is 10.6 Å². The average Bonchev–Trinajstić information content (AvgIpc) is 2.66. The Morgan fingerprint density at radius 1 is 1.50 bits per heavy atom. The van der Waals surface area contributed by atoms with Crippen LogP contribution in [-0.2, 0) is 0 Å². The van der Waals surface area contributed by atoms with Crippen molar-refractivity contribution in [1.82, 2.24) is 5.32 Å². The summed E-state index contributed by atoms with van der Waals surface area (Å²) < 4.78 is 13.0. The van der Waals surface area contributed by atoms with Gasteiger partial charge in [-0.05, 0) is 12.1 Å². The molecule has 0 saturated carbocycles. The third-order valence-corrected chi connectivity index (χ3v) is 2.26. The molecule has 5 heteroatoms. The predicted molar refractivity (Wildman–Crippen MR) is 55.3 cm³/mol. The van der Waals surface area contributed by atoms with Crippen LogP contribution in [-0.4, -0.2) is 19.0 Å².